The van der Waals surface area contributed by atoms with Crippen LogP contribution in [0, 0.1) is 0 Å². The molecule has 3 aromatic rings. The molecule has 4 rings (SSSR count). The summed E-state index contributed by atoms with van der Waals surface area (Å²) in [5.41, 5.74) is -0.346. The van der Waals surface area contributed by atoms with Gasteiger partial charge in [0, 0.05) is 0 Å². The molecule has 0 aromatic heterocycles. The fraction of sp³-hybridized carbons (Fsp3) is 0.182. The van der Waals surface area contributed by atoms with E-state index < -0.39 is 11.6 Å². The third-order valence-corrected chi connectivity index (χ3v) is 5.32. The number of hydrogen-bond donors (Lipinski definition) is 1. The van der Waals surface area contributed by atoms with Crippen molar-refractivity contribution in [2.24, 2.45) is 0 Å². The van der Waals surface area contributed by atoms with E-state index in [9.17, 15) is 9.59 Å². The minimum atomic E-state index is -1.12. The van der Waals surface area contributed by atoms with Crippen LogP contribution in [0.5, 0.6) is 5.75 Å². The summed E-state index contributed by atoms with van der Waals surface area (Å²) in [6.07, 6.45) is 0. The van der Waals surface area contributed by atoms with E-state index in [4.69, 9.17) is 16.3 Å². The predicted molar refractivity (Wildman–Crippen MR) is 108 cm³/mol. The lowest BCUT2D eigenvalue weighted by Crippen LogP contribution is -2.41. The fourth-order valence-corrected chi connectivity index (χ4v) is 3.74. The molecular formula is C22H19ClN2O3. The highest BCUT2D eigenvalue weighted by atomic mass is 35.5. The van der Waals surface area contributed by atoms with Crippen LogP contribution in [-0.2, 0) is 10.3 Å². The average molecular weight is 395 g/mol. The first-order valence-corrected chi connectivity index (χ1v) is 9.38. The minimum absolute atomic E-state index is 0.135. The molecule has 0 bridgehead atoms. The number of nitrogens with zero attached hydrogens (tertiary/aromatic N) is 1. The topological polar surface area (TPSA) is 58.6 Å². The van der Waals surface area contributed by atoms with Crippen LogP contribution in [0.1, 0.15) is 12.5 Å². The maximum Gasteiger partial charge on any atom is 0.325 e. The molecule has 1 N–H and O–H groups in total. The monoisotopic (exact) mass is 394 g/mol. The van der Waals surface area contributed by atoms with Gasteiger partial charge >= 0.3 is 6.03 Å². The quantitative estimate of drug-likeness (QED) is 0.655. The second-order valence-corrected chi connectivity index (χ2v) is 7.22. The van der Waals surface area contributed by atoms with Gasteiger partial charge in [-0.05, 0) is 35.4 Å². The normalized spacial score (nSPS) is 19.1. The molecule has 0 radical (unpaired) electrons. The van der Waals surface area contributed by atoms with E-state index in [2.05, 4.69) is 5.32 Å². The van der Waals surface area contributed by atoms with E-state index in [1.165, 1.54) is 4.90 Å². The highest BCUT2D eigenvalue weighted by Gasteiger charge is 2.49. The van der Waals surface area contributed by atoms with E-state index in [1.54, 1.807) is 19.1 Å². The van der Waals surface area contributed by atoms with Gasteiger partial charge in [0.25, 0.3) is 5.91 Å². The molecule has 1 aliphatic rings. The number of rotatable bonds is 5. The number of imide groups is 1. The molecule has 0 saturated carbocycles. The number of benzene rings is 3. The van der Waals surface area contributed by atoms with Crippen LogP contribution in [0.25, 0.3) is 10.8 Å². The van der Waals surface area contributed by atoms with Gasteiger partial charge in [-0.1, -0.05) is 66.2 Å². The van der Waals surface area contributed by atoms with Crippen LogP contribution in [-0.4, -0.2) is 30.0 Å². The molecular weight excluding hydrogens is 376 g/mol. The van der Waals surface area contributed by atoms with Crippen LogP contribution < -0.4 is 10.1 Å². The van der Waals surface area contributed by atoms with Crippen molar-refractivity contribution in [2.45, 2.75) is 12.5 Å². The first-order chi connectivity index (χ1) is 13.5. The van der Waals surface area contributed by atoms with Crippen LogP contribution in [0.15, 0.2) is 66.7 Å². The molecule has 3 aromatic carbocycles. The van der Waals surface area contributed by atoms with E-state index in [-0.39, 0.29) is 19.1 Å². The standard InChI is InChI=1S/C22H19ClN2O3/c1-22(17-10-6-8-15-7-2-3-9-16(15)17)20(26)25(21(27)24-22)13-14-28-19-12-5-4-11-18(19)23/h2-12H,13-14H2,1H3,(H,24,27)/t22-/m1/s1. The molecule has 0 spiro atoms. The third kappa shape index (κ3) is 3.08. The molecule has 1 heterocycles. The summed E-state index contributed by atoms with van der Waals surface area (Å²) >= 11 is 6.07. The van der Waals surface area contributed by atoms with Gasteiger partial charge in [-0.25, -0.2) is 4.79 Å². The van der Waals surface area contributed by atoms with Crippen molar-refractivity contribution in [1.29, 1.82) is 0 Å². The van der Waals surface area contributed by atoms with E-state index in [1.807, 2.05) is 54.6 Å². The Morgan fingerprint density at radius 2 is 1.71 bits per heavy atom. The third-order valence-electron chi connectivity index (χ3n) is 5.01. The number of carbonyl (C=O) groups excluding carboxylic acids is 2. The Hall–Kier alpha value is -3.05. The maximum absolute atomic E-state index is 13.2. The summed E-state index contributed by atoms with van der Waals surface area (Å²) in [7, 11) is 0. The Kier molecular flexibility index (Phi) is 4.69. The van der Waals surface area contributed by atoms with Gasteiger partial charge in [0.05, 0.1) is 11.6 Å². The van der Waals surface area contributed by atoms with E-state index in [0.29, 0.717) is 10.8 Å². The van der Waals surface area contributed by atoms with Crippen LogP contribution >= 0.6 is 11.6 Å². The summed E-state index contributed by atoms with van der Waals surface area (Å²) in [5, 5.41) is 5.30. The Morgan fingerprint density at radius 3 is 2.54 bits per heavy atom. The van der Waals surface area contributed by atoms with Crippen molar-refractivity contribution >= 4 is 34.3 Å². The predicted octanol–water partition coefficient (Wildman–Crippen LogP) is 4.34. The lowest BCUT2D eigenvalue weighted by molar-refractivity contribution is -0.131. The number of nitrogens with one attached hydrogen (secondary N) is 1. The van der Waals surface area contributed by atoms with Crippen molar-refractivity contribution in [1.82, 2.24) is 10.2 Å². The van der Waals surface area contributed by atoms with Gasteiger partial charge in [-0.2, -0.15) is 0 Å². The molecule has 0 unspecified atom stereocenters. The molecule has 6 heteroatoms. The van der Waals surface area contributed by atoms with Gasteiger partial charge in [0.1, 0.15) is 17.9 Å². The van der Waals surface area contributed by atoms with Gasteiger partial charge in [0.2, 0.25) is 0 Å². The lowest BCUT2D eigenvalue weighted by atomic mass is 9.88. The molecule has 142 valence electrons. The molecule has 1 aliphatic heterocycles. The smallest absolute Gasteiger partial charge is 0.325 e. The van der Waals surface area contributed by atoms with Gasteiger partial charge in [-0.3, -0.25) is 9.69 Å². The van der Waals surface area contributed by atoms with Crippen molar-refractivity contribution in [3.63, 3.8) is 0 Å². The second-order valence-electron chi connectivity index (χ2n) is 6.82. The summed E-state index contributed by atoms with van der Waals surface area (Å²) in [4.78, 5) is 26.9. The Morgan fingerprint density at radius 1 is 1.00 bits per heavy atom. The molecule has 1 atom stereocenters. The van der Waals surface area contributed by atoms with E-state index >= 15 is 0 Å². The highest BCUT2D eigenvalue weighted by molar-refractivity contribution is 6.32. The van der Waals surface area contributed by atoms with E-state index in [0.717, 1.165) is 16.3 Å². The van der Waals surface area contributed by atoms with Crippen LogP contribution in [0.4, 0.5) is 4.79 Å². The van der Waals surface area contributed by atoms with Crippen molar-refractivity contribution < 1.29 is 14.3 Å². The Labute approximate surface area is 167 Å². The van der Waals surface area contributed by atoms with Crippen LogP contribution in [0.2, 0.25) is 5.02 Å². The first-order valence-electron chi connectivity index (χ1n) is 9.00. The molecule has 3 amide bonds. The Bertz CT molecular complexity index is 1060. The number of urea groups is 1. The largest absolute Gasteiger partial charge is 0.490 e. The number of hydrogen-bond acceptors (Lipinski definition) is 3. The fourth-order valence-electron chi connectivity index (χ4n) is 3.55. The second kappa shape index (κ2) is 7.17. The molecule has 0 aliphatic carbocycles. The van der Waals surface area contributed by atoms with Gasteiger partial charge in [0.15, 0.2) is 0 Å². The Balaban J connectivity index is 1.55. The van der Waals surface area contributed by atoms with Gasteiger partial charge in [-0.15, -0.1) is 0 Å². The first kappa shape index (κ1) is 18.3. The molecule has 1 saturated heterocycles. The zero-order valence-electron chi connectivity index (χ0n) is 15.3. The van der Waals surface area contributed by atoms with Crippen molar-refractivity contribution in [2.75, 3.05) is 13.2 Å². The number of halogens is 1. The van der Waals surface area contributed by atoms with Crippen molar-refractivity contribution in [3.05, 3.63) is 77.3 Å². The average Bonchev–Trinajstić information content (AvgIpc) is 2.92. The summed E-state index contributed by atoms with van der Waals surface area (Å²) in [6, 6.07) is 20.2. The van der Waals surface area contributed by atoms with Crippen LogP contribution in [0.3, 0.4) is 0 Å². The molecule has 28 heavy (non-hydrogen) atoms. The lowest BCUT2D eigenvalue weighted by Gasteiger charge is -2.24. The SMILES string of the molecule is C[C@]1(c2cccc3ccccc23)NC(=O)N(CCOc2ccccc2Cl)C1=O. The number of carbonyl (C=O) groups is 2. The summed E-state index contributed by atoms with van der Waals surface area (Å²) in [5.74, 6) is 0.227. The van der Waals surface area contributed by atoms with Crippen molar-refractivity contribution in [3.8, 4) is 5.75 Å². The number of amides is 3. The summed E-state index contributed by atoms with van der Waals surface area (Å²) in [6.45, 7) is 2.04. The number of para-hydroxylation sites is 1. The molecule has 5 nitrogen and oxygen atoms in total. The van der Waals surface area contributed by atoms with Gasteiger partial charge < -0.3 is 10.1 Å². The number of fused-ring (bicyclic) bond motifs is 1. The zero-order valence-corrected chi connectivity index (χ0v) is 16.1. The number of ether oxygens (including phenoxy) is 1. The maximum atomic E-state index is 13.2. The molecule has 1 fully saturated rings. The highest BCUT2D eigenvalue weighted by Crippen LogP contribution is 2.33. The summed E-state index contributed by atoms with van der Waals surface area (Å²) < 4.78 is 5.63. The zero-order chi connectivity index (χ0) is 19.7. The minimum Gasteiger partial charge on any atom is -0.490 e.